The number of alkyl halides is 3. The topological polar surface area (TPSA) is 135 Å². The van der Waals surface area contributed by atoms with Crippen molar-refractivity contribution in [2.24, 2.45) is 5.41 Å². The number of ether oxygens (including phenoxy) is 3. The minimum atomic E-state index is -4.68. The first-order valence-electron chi connectivity index (χ1n) is 17.7. The first kappa shape index (κ1) is 37.2. The molecule has 0 aromatic carbocycles. The Bertz CT molecular complexity index is 1850. The van der Waals surface area contributed by atoms with Crippen molar-refractivity contribution < 1.29 is 32.2 Å². The van der Waals surface area contributed by atoms with Gasteiger partial charge in [0, 0.05) is 70.0 Å². The van der Waals surface area contributed by atoms with Crippen molar-refractivity contribution in [2.45, 2.75) is 58.7 Å². The lowest BCUT2D eigenvalue weighted by Gasteiger charge is -2.44. The van der Waals surface area contributed by atoms with Gasteiger partial charge in [0.2, 0.25) is 5.88 Å². The van der Waals surface area contributed by atoms with Crippen LogP contribution in [0, 0.1) is 5.41 Å². The number of H-pyrrole nitrogens is 1. The first-order valence-corrected chi connectivity index (χ1v) is 17.7. The summed E-state index contributed by atoms with van der Waals surface area (Å²) in [6, 6.07) is 4.37. The second kappa shape index (κ2) is 15.6. The van der Waals surface area contributed by atoms with E-state index in [4.69, 9.17) is 34.1 Å². The molecule has 16 heteroatoms. The molecule has 0 unspecified atom stereocenters. The summed E-state index contributed by atoms with van der Waals surface area (Å²) < 4.78 is 57.8. The molecule has 2 fully saturated rings. The molecule has 1 aliphatic heterocycles. The van der Waals surface area contributed by atoms with E-state index in [1.807, 2.05) is 7.05 Å². The number of methoxy groups -OCH3 is 1. The Morgan fingerprint density at radius 1 is 1.06 bits per heavy atom. The van der Waals surface area contributed by atoms with Crippen LogP contribution in [0.5, 0.6) is 5.88 Å². The van der Waals surface area contributed by atoms with Crippen LogP contribution in [-0.4, -0.2) is 114 Å². The van der Waals surface area contributed by atoms with E-state index in [1.54, 1.807) is 39.4 Å². The quantitative estimate of drug-likeness (QED) is 0.162. The fourth-order valence-electron chi connectivity index (χ4n) is 7.13. The third-order valence-corrected chi connectivity index (χ3v) is 9.79. The number of hydrogen-bond acceptors (Lipinski definition) is 12. The summed E-state index contributed by atoms with van der Waals surface area (Å²) in [5, 5.41) is 0. The molecule has 1 saturated heterocycles. The van der Waals surface area contributed by atoms with E-state index in [9.17, 15) is 18.0 Å². The van der Waals surface area contributed by atoms with E-state index in [2.05, 4.69) is 31.6 Å². The molecule has 1 N–H and O–H groups in total. The van der Waals surface area contributed by atoms with Gasteiger partial charge in [-0.2, -0.15) is 13.2 Å². The SMILES string of the molecule is CCOC(=O)CCN1CCN(c2cnc(-c3nc4nc(-c5cc(OCC)nc(C(F)(F)F)c5)cc(N(C)CC5(COC)CCC5)c4[nH]3)cn2)[C@H](C)C1. The number of nitrogens with zero attached hydrogens (tertiary/aromatic N) is 8. The van der Waals surface area contributed by atoms with Crippen LogP contribution in [0.15, 0.2) is 30.6 Å². The molecule has 4 aromatic rings. The van der Waals surface area contributed by atoms with E-state index in [0.717, 1.165) is 56.5 Å². The lowest BCUT2D eigenvalue weighted by molar-refractivity contribution is -0.143. The fourth-order valence-corrected chi connectivity index (χ4v) is 7.13. The smallest absolute Gasteiger partial charge is 0.433 e. The Kier molecular flexibility index (Phi) is 11.1. The Balaban J connectivity index is 1.31. The van der Waals surface area contributed by atoms with Gasteiger partial charge in [-0.3, -0.25) is 9.69 Å². The largest absolute Gasteiger partial charge is 0.478 e. The first-order chi connectivity index (χ1) is 24.9. The van der Waals surface area contributed by atoms with Crippen LogP contribution in [-0.2, 0) is 20.4 Å². The maximum Gasteiger partial charge on any atom is 0.433 e. The van der Waals surface area contributed by atoms with Crippen molar-refractivity contribution in [3.05, 3.63) is 36.3 Å². The molecule has 1 aliphatic carbocycles. The molecule has 5 heterocycles. The van der Waals surface area contributed by atoms with Gasteiger partial charge < -0.3 is 29.0 Å². The van der Waals surface area contributed by atoms with Gasteiger partial charge in [-0.1, -0.05) is 6.42 Å². The zero-order valence-electron chi connectivity index (χ0n) is 30.3. The zero-order chi connectivity index (χ0) is 37.0. The van der Waals surface area contributed by atoms with Crippen LogP contribution in [0.4, 0.5) is 24.7 Å². The number of aromatic amines is 1. The Morgan fingerprint density at radius 3 is 2.50 bits per heavy atom. The molecule has 0 radical (unpaired) electrons. The molecular weight excluding hydrogens is 679 g/mol. The lowest BCUT2D eigenvalue weighted by Crippen LogP contribution is -2.52. The minimum absolute atomic E-state index is 0.0326. The summed E-state index contributed by atoms with van der Waals surface area (Å²) in [4.78, 5) is 44.4. The highest BCUT2D eigenvalue weighted by Gasteiger charge is 2.39. The van der Waals surface area contributed by atoms with Crippen molar-refractivity contribution in [2.75, 3.05) is 76.5 Å². The highest BCUT2D eigenvalue weighted by atomic mass is 19.4. The van der Waals surface area contributed by atoms with Gasteiger partial charge in [0.05, 0.1) is 50.0 Å². The van der Waals surface area contributed by atoms with E-state index in [0.29, 0.717) is 61.1 Å². The highest BCUT2D eigenvalue weighted by molar-refractivity contribution is 5.91. The van der Waals surface area contributed by atoms with Crippen molar-refractivity contribution in [3.63, 3.8) is 0 Å². The second-order valence-corrected chi connectivity index (χ2v) is 13.6. The van der Waals surface area contributed by atoms with Gasteiger partial charge >= 0.3 is 12.1 Å². The number of imidazole rings is 1. The summed E-state index contributed by atoms with van der Waals surface area (Å²) in [7, 11) is 3.66. The highest BCUT2D eigenvalue weighted by Crippen LogP contribution is 2.43. The number of nitrogens with one attached hydrogen (secondary N) is 1. The van der Waals surface area contributed by atoms with Crippen molar-refractivity contribution >= 4 is 28.6 Å². The normalized spacial score (nSPS) is 17.6. The van der Waals surface area contributed by atoms with Crippen LogP contribution in [0.1, 0.15) is 52.1 Å². The number of esters is 1. The predicted molar refractivity (Wildman–Crippen MR) is 190 cm³/mol. The van der Waals surface area contributed by atoms with Crippen molar-refractivity contribution in [3.8, 4) is 28.7 Å². The van der Waals surface area contributed by atoms with Crippen LogP contribution in [0.3, 0.4) is 0 Å². The van der Waals surface area contributed by atoms with Gasteiger partial charge in [0.1, 0.15) is 22.7 Å². The number of carbonyl (C=O) groups excluding carboxylic acids is 1. The van der Waals surface area contributed by atoms with Gasteiger partial charge in [0.15, 0.2) is 11.5 Å². The predicted octanol–water partition coefficient (Wildman–Crippen LogP) is 5.61. The fraction of sp³-hybridized carbons (Fsp3) is 0.556. The van der Waals surface area contributed by atoms with Crippen molar-refractivity contribution in [1.82, 2.24) is 34.8 Å². The number of piperazine rings is 1. The molecule has 1 saturated carbocycles. The molecule has 280 valence electrons. The third kappa shape index (κ3) is 8.22. The molecule has 0 spiro atoms. The number of anilines is 2. The van der Waals surface area contributed by atoms with Gasteiger partial charge in [-0.05, 0) is 45.7 Å². The van der Waals surface area contributed by atoms with Crippen LogP contribution in [0.25, 0.3) is 33.9 Å². The average Bonchev–Trinajstić information content (AvgIpc) is 3.54. The van der Waals surface area contributed by atoms with E-state index >= 15 is 0 Å². The minimum Gasteiger partial charge on any atom is -0.478 e. The number of hydrogen-bond donors (Lipinski definition) is 1. The molecular formula is C36H46F3N9O4. The monoisotopic (exact) mass is 725 g/mol. The molecule has 0 bridgehead atoms. The van der Waals surface area contributed by atoms with Crippen molar-refractivity contribution in [1.29, 1.82) is 0 Å². The van der Waals surface area contributed by atoms with E-state index < -0.39 is 11.9 Å². The summed E-state index contributed by atoms with van der Waals surface area (Å²) in [6.07, 6.45) is 2.20. The molecule has 2 aliphatic rings. The average molecular weight is 726 g/mol. The number of carbonyl (C=O) groups is 1. The number of pyridine rings is 2. The zero-order valence-corrected chi connectivity index (χ0v) is 30.3. The van der Waals surface area contributed by atoms with Gasteiger partial charge in [-0.25, -0.2) is 24.9 Å². The summed E-state index contributed by atoms with van der Waals surface area (Å²) in [6.45, 7) is 10.3. The lowest BCUT2D eigenvalue weighted by atomic mass is 9.69. The van der Waals surface area contributed by atoms with Crippen LogP contribution in [0.2, 0.25) is 0 Å². The Morgan fingerprint density at radius 2 is 1.87 bits per heavy atom. The Hall–Kier alpha value is -4.57. The third-order valence-electron chi connectivity index (χ3n) is 9.79. The summed E-state index contributed by atoms with van der Waals surface area (Å²) in [5.74, 6) is 0.835. The van der Waals surface area contributed by atoms with Crippen LogP contribution >= 0.6 is 0 Å². The number of rotatable bonds is 14. The molecule has 6 rings (SSSR count). The van der Waals surface area contributed by atoms with Crippen LogP contribution < -0.4 is 14.5 Å². The second-order valence-electron chi connectivity index (χ2n) is 13.6. The number of aromatic nitrogens is 6. The van der Waals surface area contributed by atoms with Gasteiger partial charge in [-0.15, -0.1) is 0 Å². The maximum absolute atomic E-state index is 13.9. The standard InChI is InChI=1S/C36H46F3N9O4/c1-6-51-30-16-24(15-28(43-30)36(37,38)39)25-17-27(46(4)21-35(22-50-5)10-8-11-35)32-34(42-25)45-33(44-32)26-18-41-29(19-40-26)48-14-13-47(20-23(48)3)12-9-31(49)52-7-2/h15-19,23H,6-14,20-22H2,1-5H3,(H,42,44,45)/t23-/m1/s1. The molecule has 52 heavy (non-hydrogen) atoms. The molecule has 4 aromatic heterocycles. The Labute approximate surface area is 300 Å². The number of halogens is 3. The molecule has 1 atom stereocenters. The molecule has 13 nitrogen and oxygen atoms in total. The number of fused-ring (bicyclic) bond motifs is 1. The summed E-state index contributed by atoms with van der Waals surface area (Å²) >= 11 is 0. The summed E-state index contributed by atoms with van der Waals surface area (Å²) in [5.41, 5.74) is 1.58. The maximum atomic E-state index is 13.9. The van der Waals surface area contributed by atoms with E-state index in [-0.39, 0.29) is 35.5 Å². The van der Waals surface area contributed by atoms with E-state index in [1.165, 1.54) is 6.07 Å². The van der Waals surface area contributed by atoms with Gasteiger partial charge in [0.25, 0.3) is 0 Å². The molecule has 0 amide bonds.